The summed E-state index contributed by atoms with van der Waals surface area (Å²) in [5, 5.41) is 15.6. The zero-order chi connectivity index (χ0) is 22.3. The first-order valence-electron chi connectivity index (χ1n) is 9.09. The number of hydrogen-bond acceptors (Lipinski definition) is 6. The first kappa shape index (κ1) is 23.3. The lowest BCUT2D eigenvalue weighted by Gasteiger charge is -2.17. The molecular weight excluding hydrogens is 410 g/mol. The van der Waals surface area contributed by atoms with Crippen LogP contribution in [0, 0.1) is 0 Å². The number of methoxy groups -OCH3 is 2. The minimum atomic E-state index is -3.33. The first-order chi connectivity index (χ1) is 14.1. The lowest BCUT2D eigenvalue weighted by Crippen LogP contribution is -2.37. The van der Waals surface area contributed by atoms with Crippen LogP contribution in [0.3, 0.4) is 0 Å². The fourth-order valence-electron chi connectivity index (χ4n) is 2.59. The van der Waals surface area contributed by atoms with E-state index in [4.69, 9.17) is 9.47 Å². The van der Waals surface area contributed by atoms with Crippen LogP contribution in [0.2, 0.25) is 0 Å². The lowest BCUT2D eigenvalue weighted by molar-refractivity contribution is 0.172. The van der Waals surface area contributed by atoms with Crippen molar-refractivity contribution in [2.75, 3.05) is 38.4 Å². The maximum absolute atomic E-state index is 12.0. The standard InChI is InChI=1S/C20H27N3O6S/c1-23(30(4,26)27)16-7-5-14(6-8-16)12-21-20(25)22-13-19(24)15-9-17(28-2)11-18(10-15)29-3/h5-11,19,24H,12-13H2,1-4H3,(H2,21,22,25). The van der Waals surface area contributed by atoms with Gasteiger partial charge in [0.2, 0.25) is 10.0 Å². The van der Waals surface area contributed by atoms with Crippen molar-refractivity contribution in [1.29, 1.82) is 0 Å². The highest BCUT2D eigenvalue weighted by molar-refractivity contribution is 7.92. The summed E-state index contributed by atoms with van der Waals surface area (Å²) in [6, 6.07) is 11.4. The summed E-state index contributed by atoms with van der Waals surface area (Å²) in [7, 11) is 1.18. The van der Waals surface area contributed by atoms with Gasteiger partial charge in [0.25, 0.3) is 0 Å². The number of nitrogens with one attached hydrogen (secondary N) is 2. The molecule has 1 unspecified atom stereocenters. The molecule has 0 aliphatic carbocycles. The Balaban J connectivity index is 1.86. The minimum absolute atomic E-state index is 0.000245. The van der Waals surface area contributed by atoms with Gasteiger partial charge in [-0.05, 0) is 35.4 Å². The number of rotatable bonds is 9. The van der Waals surface area contributed by atoms with Crippen molar-refractivity contribution >= 4 is 21.7 Å². The van der Waals surface area contributed by atoms with Crippen LogP contribution in [0.1, 0.15) is 17.2 Å². The maximum Gasteiger partial charge on any atom is 0.315 e. The average molecular weight is 438 g/mol. The number of amides is 2. The largest absolute Gasteiger partial charge is 0.497 e. The Morgan fingerprint density at radius 3 is 2.13 bits per heavy atom. The first-order valence-corrected chi connectivity index (χ1v) is 10.9. The third-order valence-corrected chi connectivity index (χ3v) is 5.67. The lowest BCUT2D eigenvalue weighted by atomic mass is 10.1. The maximum atomic E-state index is 12.0. The fraction of sp³-hybridized carbons (Fsp3) is 0.350. The molecule has 2 aromatic carbocycles. The molecule has 0 aromatic heterocycles. The number of urea groups is 1. The highest BCUT2D eigenvalue weighted by Gasteiger charge is 2.13. The number of benzene rings is 2. The Kier molecular flexibility index (Phi) is 7.90. The predicted octanol–water partition coefficient (Wildman–Crippen LogP) is 1.63. The van der Waals surface area contributed by atoms with E-state index in [9.17, 15) is 18.3 Å². The second kappa shape index (κ2) is 10.2. The number of carbonyl (C=O) groups is 1. The second-order valence-corrected chi connectivity index (χ2v) is 8.64. The van der Waals surface area contributed by atoms with Crippen molar-refractivity contribution in [2.45, 2.75) is 12.6 Å². The fourth-order valence-corrected chi connectivity index (χ4v) is 3.09. The summed E-state index contributed by atoms with van der Waals surface area (Å²) in [5.41, 5.74) is 1.88. The molecule has 0 spiro atoms. The SMILES string of the molecule is COc1cc(OC)cc(C(O)CNC(=O)NCc2ccc(N(C)S(C)(=O)=O)cc2)c1. The predicted molar refractivity (Wildman–Crippen MR) is 114 cm³/mol. The molecule has 10 heteroatoms. The number of sulfonamides is 1. The number of aliphatic hydroxyl groups excluding tert-OH is 1. The Morgan fingerprint density at radius 2 is 1.63 bits per heavy atom. The van der Waals surface area contributed by atoms with Crippen molar-refractivity contribution in [3.05, 3.63) is 53.6 Å². The van der Waals surface area contributed by atoms with E-state index in [0.717, 1.165) is 11.8 Å². The molecule has 0 fully saturated rings. The highest BCUT2D eigenvalue weighted by Crippen LogP contribution is 2.26. The van der Waals surface area contributed by atoms with Crippen LogP contribution in [-0.4, -0.2) is 53.6 Å². The molecule has 3 N–H and O–H groups in total. The highest BCUT2D eigenvalue weighted by atomic mass is 32.2. The summed E-state index contributed by atoms with van der Waals surface area (Å²) in [5.74, 6) is 1.08. The molecule has 2 rings (SSSR count). The van der Waals surface area contributed by atoms with Crippen molar-refractivity contribution in [3.63, 3.8) is 0 Å². The number of anilines is 1. The van der Waals surface area contributed by atoms with E-state index in [1.54, 1.807) is 42.5 Å². The molecule has 1 atom stereocenters. The molecule has 0 heterocycles. The normalized spacial score (nSPS) is 12.0. The Hall–Kier alpha value is -2.98. The third kappa shape index (κ3) is 6.53. The molecule has 0 aliphatic heterocycles. The number of ether oxygens (including phenoxy) is 2. The van der Waals surface area contributed by atoms with E-state index in [1.165, 1.54) is 25.6 Å². The molecule has 0 bridgehead atoms. The van der Waals surface area contributed by atoms with Crippen molar-refractivity contribution < 1.29 is 27.8 Å². The van der Waals surface area contributed by atoms with Gasteiger partial charge in [-0.25, -0.2) is 13.2 Å². The van der Waals surface area contributed by atoms with E-state index in [1.807, 2.05) is 0 Å². The number of hydrogen-bond donors (Lipinski definition) is 3. The molecule has 164 valence electrons. The monoisotopic (exact) mass is 437 g/mol. The van der Waals surface area contributed by atoms with E-state index in [-0.39, 0.29) is 13.1 Å². The van der Waals surface area contributed by atoms with Crippen LogP contribution in [-0.2, 0) is 16.6 Å². The van der Waals surface area contributed by atoms with Crippen molar-refractivity contribution in [1.82, 2.24) is 10.6 Å². The number of aliphatic hydroxyl groups is 1. The molecule has 9 nitrogen and oxygen atoms in total. The van der Waals surface area contributed by atoms with E-state index in [0.29, 0.717) is 22.7 Å². The van der Waals surface area contributed by atoms with Crippen molar-refractivity contribution in [2.24, 2.45) is 0 Å². The quantitative estimate of drug-likeness (QED) is 0.549. The summed E-state index contributed by atoms with van der Waals surface area (Å²) in [4.78, 5) is 12.0. The van der Waals surface area contributed by atoms with Gasteiger partial charge >= 0.3 is 6.03 Å². The van der Waals surface area contributed by atoms with Crippen LogP contribution >= 0.6 is 0 Å². The Bertz CT molecular complexity index is 941. The van der Waals surface area contributed by atoms with Gasteiger partial charge in [-0.1, -0.05) is 12.1 Å². The number of carbonyl (C=O) groups excluding carboxylic acids is 1. The van der Waals surface area contributed by atoms with Crippen LogP contribution in [0.4, 0.5) is 10.5 Å². The van der Waals surface area contributed by atoms with Gasteiger partial charge in [-0.15, -0.1) is 0 Å². The van der Waals surface area contributed by atoms with Gasteiger partial charge < -0.3 is 25.2 Å². The van der Waals surface area contributed by atoms with Crippen LogP contribution in [0.15, 0.2) is 42.5 Å². The van der Waals surface area contributed by atoms with Gasteiger partial charge in [0, 0.05) is 26.2 Å². The van der Waals surface area contributed by atoms with Crippen LogP contribution < -0.4 is 24.4 Å². The average Bonchev–Trinajstić information content (AvgIpc) is 2.74. The summed E-state index contributed by atoms with van der Waals surface area (Å²) in [6.07, 6.45) is 0.189. The smallest absolute Gasteiger partial charge is 0.315 e. The summed E-state index contributed by atoms with van der Waals surface area (Å²) in [6.45, 7) is 0.248. The second-order valence-electron chi connectivity index (χ2n) is 6.62. The molecule has 0 radical (unpaired) electrons. The molecular formula is C20H27N3O6S. The van der Waals surface area contributed by atoms with Crippen LogP contribution in [0.25, 0.3) is 0 Å². The molecule has 2 amide bonds. The van der Waals surface area contributed by atoms with Crippen LogP contribution in [0.5, 0.6) is 11.5 Å². The van der Waals surface area contributed by atoms with E-state index < -0.39 is 22.2 Å². The molecule has 0 saturated heterocycles. The molecule has 30 heavy (non-hydrogen) atoms. The summed E-state index contributed by atoms with van der Waals surface area (Å²) >= 11 is 0. The van der Waals surface area contributed by atoms with Gasteiger partial charge in [0.15, 0.2) is 0 Å². The summed E-state index contributed by atoms with van der Waals surface area (Å²) < 4.78 is 34.6. The van der Waals surface area contributed by atoms with E-state index >= 15 is 0 Å². The Morgan fingerprint density at radius 1 is 1.07 bits per heavy atom. The van der Waals surface area contributed by atoms with Gasteiger partial charge in [-0.3, -0.25) is 4.31 Å². The topological polar surface area (TPSA) is 117 Å². The van der Waals surface area contributed by atoms with Gasteiger partial charge in [0.1, 0.15) is 11.5 Å². The molecule has 0 aliphatic rings. The van der Waals surface area contributed by atoms with E-state index in [2.05, 4.69) is 10.6 Å². The van der Waals surface area contributed by atoms with Gasteiger partial charge in [-0.2, -0.15) is 0 Å². The van der Waals surface area contributed by atoms with Crippen molar-refractivity contribution in [3.8, 4) is 11.5 Å². The zero-order valence-corrected chi connectivity index (χ0v) is 18.2. The molecule has 2 aromatic rings. The molecule has 0 saturated carbocycles. The third-order valence-electron chi connectivity index (χ3n) is 4.47. The van der Waals surface area contributed by atoms with Gasteiger partial charge in [0.05, 0.1) is 32.3 Å². The minimum Gasteiger partial charge on any atom is -0.497 e. The zero-order valence-electron chi connectivity index (χ0n) is 17.4. The Labute approximate surface area is 176 Å². The number of nitrogens with zero attached hydrogens (tertiary/aromatic N) is 1.